The quantitative estimate of drug-likeness (QED) is 0.569. The van der Waals surface area contributed by atoms with Crippen molar-refractivity contribution in [1.82, 2.24) is 9.91 Å². The summed E-state index contributed by atoms with van der Waals surface area (Å²) in [6.45, 7) is 8.77. The van der Waals surface area contributed by atoms with Crippen LogP contribution in [0, 0.1) is 5.41 Å². The largest absolute Gasteiger partial charge is 0.306 e. The molecule has 3 heteroatoms. The summed E-state index contributed by atoms with van der Waals surface area (Å²) in [5.41, 5.74) is 0.612. The van der Waals surface area contributed by atoms with Gasteiger partial charge in [0.25, 0.3) is 0 Å². The standard InChI is InChI=1S/C8H17N3.C2H6/c1-10-4-2-8(3-5-10)6-11(9)7-8;1-2/h2-7,9H2,1H3;1-2H3. The topological polar surface area (TPSA) is 32.5 Å². The van der Waals surface area contributed by atoms with Crippen LogP contribution in [0.5, 0.6) is 0 Å². The molecular weight excluding hydrogens is 162 g/mol. The molecule has 13 heavy (non-hydrogen) atoms. The molecule has 0 bridgehead atoms. The summed E-state index contributed by atoms with van der Waals surface area (Å²) in [7, 11) is 2.20. The van der Waals surface area contributed by atoms with Gasteiger partial charge >= 0.3 is 0 Å². The Hall–Kier alpha value is -0.120. The number of nitrogens with zero attached hydrogens (tertiary/aromatic N) is 2. The molecule has 2 aliphatic rings. The summed E-state index contributed by atoms with van der Waals surface area (Å²) >= 11 is 0. The molecule has 1 spiro atoms. The smallest absolute Gasteiger partial charge is 0.0199 e. The van der Waals surface area contributed by atoms with Crippen molar-refractivity contribution >= 4 is 0 Å². The molecular formula is C10H23N3. The zero-order chi connectivity index (χ0) is 9.90. The van der Waals surface area contributed by atoms with Crippen molar-refractivity contribution in [3.63, 3.8) is 0 Å². The third kappa shape index (κ3) is 2.42. The SMILES string of the molecule is CC.CN1CCC2(CC1)CN(N)C2. The molecule has 0 radical (unpaired) electrons. The van der Waals surface area contributed by atoms with Crippen molar-refractivity contribution in [2.45, 2.75) is 26.7 Å². The van der Waals surface area contributed by atoms with Crippen molar-refractivity contribution in [3.8, 4) is 0 Å². The second-order valence-corrected chi connectivity index (χ2v) is 4.21. The molecule has 0 amide bonds. The summed E-state index contributed by atoms with van der Waals surface area (Å²) in [5.74, 6) is 5.64. The highest BCUT2D eigenvalue weighted by molar-refractivity contribution is 4.95. The third-order valence-corrected chi connectivity index (χ3v) is 3.12. The molecule has 2 rings (SSSR count). The number of rotatable bonds is 0. The lowest BCUT2D eigenvalue weighted by Crippen LogP contribution is -2.62. The van der Waals surface area contributed by atoms with Gasteiger partial charge in [-0.3, -0.25) is 5.84 Å². The maximum atomic E-state index is 5.64. The first kappa shape index (κ1) is 11.0. The Labute approximate surface area is 81.8 Å². The second-order valence-electron chi connectivity index (χ2n) is 4.21. The molecule has 2 saturated heterocycles. The summed E-state index contributed by atoms with van der Waals surface area (Å²) in [4.78, 5) is 2.41. The summed E-state index contributed by atoms with van der Waals surface area (Å²) in [6.07, 6.45) is 2.69. The molecule has 3 nitrogen and oxygen atoms in total. The van der Waals surface area contributed by atoms with Crippen LogP contribution in [0.2, 0.25) is 0 Å². The Balaban J connectivity index is 0.000000396. The lowest BCUT2D eigenvalue weighted by molar-refractivity contribution is -0.0429. The van der Waals surface area contributed by atoms with E-state index in [0.29, 0.717) is 5.41 Å². The summed E-state index contributed by atoms with van der Waals surface area (Å²) in [5, 5.41) is 1.94. The summed E-state index contributed by atoms with van der Waals surface area (Å²) < 4.78 is 0. The Morgan fingerprint density at radius 3 is 1.92 bits per heavy atom. The third-order valence-electron chi connectivity index (χ3n) is 3.12. The predicted octanol–water partition coefficient (Wildman–Crippen LogP) is 0.914. The molecule has 2 aliphatic heterocycles. The fourth-order valence-corrected chi connectivity index (χ4v) is 2.22. The van der Waals surface area contributed by atoms with Gasteiger partial charge in [-0.15, -0.1) is 0 Å². The van der Waals surface area contributed by atoms with Gasteiger partial charge in [0.2, 0.25) is 0 Å². The maximum Gasteiger partial charge on any atom is 0.0199 e. The highest BCUT2D eigenvalue weighted by Crippen LogP contribution is 2.38. The van der Waals surface area contributed by atoms with Gasteiger partial charge in [-0.05, 0) is 33.0 Å². The highest BCUT2D eigenvalue weighted by Gasteiger charge is 2.42. The molecule has 0 aliphatic carbocycles. The molecule has 2 fully saturated rings. The van der Waals surface area contributed by atoms with Crippen LogP contribution in [0.25, 0.3) is 0 Å². The Kier molecular flexibility index (Phi) is 3.71. The first-order valence-corrected chi connectivity index (χ1v) is 5.38. The van der Waals surface area contributed by atoms with E-state index < -0.39 is 0 Å². The minimum absolute atomic E-state index is 0.612. The van der Waals surface area contributed by atoms with Gasteiger partial charge in [0.15, 0.2) is 0 Å². The van der Waals surface area contributed by atoms with Crippen molar-refractivity contribution in [2.75, 3.05) is 33.2 Å². The van der Waals surface area contributed by atoms with Crippen molar-refractivity contribution in [2.24, 2.45) is 11.3 Å². The fourth-order valence-electron chi connectivity index (χ4n) is 2.22. The Morgan fingerprint density at radius 2 is 1.54 bits per heavy atom. The van der Waals surface area contributed by atoms with E-state index in [2.05, 4.69) is 11.9 Å². The molecule has 0 aromatic heterocycles. The Bertz CT molecular complexity index is 142. The van der Waals surface area contributed by atoms with Crippen molar-refractivity contribution in [3.05, 3.63) is 0 Å². The van der Waals surface area contributed by atoms with E-state index in [1.165, 1.54) is 25.9 Å². The summed E-state index contributed by atoms with van der Waals surface area (Å²) in [6, 6.07) is 0. The molecule has 0 aromatic rings. The van der Waals surface area contributed by atoms with Gasteiger partial charge in [-0.1, -0.05) is 13.8 Å². The van der Waals surface area contributed by atoms with E-state index in [1.807, 2.05) is 18.9 Å². The molecule has 0 atom stereocenters. The van der Waals surface area contributed by atoms with Crippen LogP contribution in [0.15, 0.2) is 0 Å². The zero-order valence-corrected chi connectivity index (χ0v) is 9.21. The van der Waals surface area contributed by atoms with Crippen LogP contribution in [0.1, 0.15) is 26.7 Å². The van der Waals surface area contributed by atoms with E-state index in [9.17, 15) is 0 Å². The molecule has 78 valence electrons. The average Bonchev–Trinajstić information content (AvgIpc) is 2.11. The molecule has 2 heterocycles. The van der Waals surface area contributed by atoms with Crippen LogP contribution in [0.3, 0.4) is 0 Å². The minimum atomic E-state index is 0.612. The molecule has 0 unspecified atom stereocenters. The van der Waals surface area contributed by atoms with Crippen LogP contribution < -0.4 is 5.84 Å². The van der Waals surface area contributed by atoms with E-state index in [4.69, 9.17) is 5.84 Å². The van der Waals surface area contributed by atoms with Gasteiger partial charge < -0.3 is 4.90 Å². The van der Waals surface area contributed by atoms with Gasteiger partial charge in [-0.2, -0.15) is 0 Å². The lowest BCUT2D eigenvalue weighted by atomic mass is 9.73. The first-order valence-electron chi connectivity index (χ1n) is 5.38. The van der Waals surface area contributed by atoms with Gasteiger partial charge in [-0.25, -0.2) is 5.01 Å². The van der Waals surface area contributed by atoms with E-state index in [0.717, 1.165) is 13.1 Å². The number of hydrogen-bond acceptors (Lipinski definition) is 3. The average molecular weight is 185 g/mol. The minimum Gasteiger partial charge on any atom is -0.306 e. The van der Waals surface area contributed by atoms with Crippen molar-refractivity contribution in [1.29, 1.82) is 0 Å². The number of likely N-dealkylation sites (tertiary alicyclic amines) is 1. The van der Waals surface area contributed by atoms with Crippen LogP contribution >= 0.6 is 0 Å². The van der Waals surface area contributed by atoms with Gasteiger partial charge in [0, 0.05) is 18.5 Å². The van der Waals surface area contributed by atoms with Gasteiger partial charge in [0.1, 0.15) is 0 Å². The van der Waals surface area contributed by atoms with Crippen LogP contribution in [-0.2, 0) is 0 Å². The maximum absolute atomic E-state index is 5.64. The molecule has 0 aromatic carbocycles. The second kappa shape index (κ2) is 4.40. The number of hydrogen-bond donors (Lipinski definition) is 1. The van der Waals surface area contributed by atoms with Crippen LogP contribution in [-0.4, -0.2) is 43.1 Å². The lowest BCUT2D eigenvalue weighted by Gasteiger charge is -2.51. The normalized spacial score (nSPS) is 27.7. The number of piperidine rings is 1. The number of hydrazine groups is 1. The highest BCUT2D eigenvalue weighted by atomic mass is 15.4. The zero-order valence-electron chi connectivity index (χ0n) is 9.21. The first-order chi connectivity index (χ1) is 6.20. The monoisotopic (exact) mass is 185 g/mol. The number of nitrogens with two attached hydrogens (primary N) is 1. The van der Waals surface area contributed by atoms with Crippen LogP contribution in [0.4, 0.5) is 0 Å². The van der Waals surface area contributed by atoms with Gasteiger partial charge in [0.05, 0.1) is 0 Å². The van der Waals surface area contributed by atoms with E-state index >= 15 is 0 Å². The Morgan fingerprint density at radius 1 is 1.08 bits per heavy atom. The molecule has 2 N–H and O–H groups in total. The van der Waals surface area contributed by atoms with Crippen molar-refractivity contribution < 1.29 is 0 Å². The predicted molar refractivity (Wildman–Crippen MR) is 56.3 cm³/mol. The van der Waals surface area contributed by atoms with E-state index in [1.54, 1.807) is 0 Å². The van der Waals surface area contributed by atoms with E-state index in [-0.39, 0.29) is 0 Å². The molecule has 0 saturated carbocycles. The fraction of sp³-hybridized carbons (Fsp3) is 1.00.